The molecule has 7 heteroatoms. The molecule has 5 nitrogen and oxygen atoms in total. The fourth-order valence-corrected chi connectivity index (χ4v) is 2.20. The predicted octanol–water partition coefficient (Wildman–Crippen LogP) is 1.98. The van der Waals surface area contributed by atoms with Crippen molar-refractivity contribution < 1.29 is 22.7 Å². The lowest BCUT2D eigenvalue weighted by molar-refractivity contribution is 0.257. The minimum Gasteiger partial charge on any atom is -0.330 e. The maximum absolute atomic E-state index is 11.2. The van der Waals surface area contributed by atoms with Gasteiger partial charge in [0.2, 0.25) is 7.37 Å². The summed E-state index contributed by atoms with van der Waals surface area (Å²) in [5.41, 5.74) is 0. The first-order valence-corrected chi connectivity index (χ1v) is 7.48. The van der Waals surface area contributed by atoms with Gasteiger partial charge in [-0.05, 0) is 0 Å². The molecule has 0 aromatic carbocycles. The van der Waals surface area contributed by atoms with Crippen LogP contribution in [0.1, 0.15) is 0 Å². The zero-order valence-electron chi connectivity index (χ0n) is 7.64. The summed E-state index contributed by atoms with van der Waals surface area (Å²) in [7, 11) is -3.20. The Kier molecular flexibility index (Phi) is 4.67. The van der Waals surface area contributed by atoms with E-state index >= 15 is 0 Å². The van der Waals surface area contributed by atoms with Crippen LogP contribution in [-0.2, 0) is 22.7 Å². The molecule has 0 aromatic rings. The van der Waals surface area contributed by atoms with Crippen LogP contribution in [0.15, 0.2) is 0 Å². The van der Waals surface area contributed by atoms with Crippen LogP contribution in [0.2, 0.25) is 0 Å². The minimum absolute atomic E-state index is 0.189. The molecule has 0 heterocycles. The van der Waals surface area contributed by atoms with Crippen molar-refractivity contribution in [2.24, 2.45) is 0 Å². The Bertz CT molecular complexity index is 202. The smallest absolute Gasteiger partial charge is 0.327 e. The van der Waals surface area contributed by atoms with E-state index in [1.54, 1.807) is 0 Å². The van der Waals surface area contributed by atoms with Gasteiger partial charge in [0.15, 0.2) is 0 Å². The number of hydrogen-bond donors (Lipinski definition) is 0. The largest absolute Gasteiger partial charge is 0.330 e. The van der Waals surface area contributed by atoms with E-state index in [0.717, 1.165) is 0 Å². The van der Waals surface area contributed by atoms with Gasteiger partial charge in [-0.25, -0.2) is 0 Å². The van der Waals surface area contributed by atoms with Crippen molar-refractivity contribution in [3.63, 3.8) is 0 Å². The van der Waals surface area contributed by atoms with Gasteiger partial charge in [0.05, 0.1) is 0 Å². The van der Waals surface area contributed by atoms with E-state index in [4.69, 9.17) is 4.52 Å². The molecule has 0 radical (unpaired) electrons. The Hall–Kier alpha value is 0.340. The molecule has 12 heavy (non-hydrogen) atoms. The molecule has 0 fully saturated rings. The standard InChI is InChI=1S/C5H14O5P2/c1-8-11(3,6)5-10-12(4,7)9-2/h5H2,1-4H3. The Morgan fingerprint density at radius 1 is 1.08 bits per heavy atom. The lowest BCUT2D eigenvalue weighted by Crippen LogP contribution is -1.96. The molecule has 2 unspecified atom stereocenters. The summed E-state index contributed by atoms with van der Waals surface area (Å²) in [4.78, 5) is 0. The molecular weight excluding hydrogens is 202 g/mol. The Morgan fingerprint density at radius 3 is 1.92 bits per heavy atom. The van der Waals surface area contributed by atoms with Gasteiger partial charge in [0.25, 0.3) is 0 Å². The predicted molar refractivity (Wildman–Crippen MR) is 47.0 cm³/mol. The van der Waals surface area contributed by atoms with Crippen LogP contribution in [0.3, 0.4) is 0 Å². The molecule has 0 saturated heterocycles. The molecule has 0 bridgehead atoms. The fourth-order valence-electron chi connectivity index (χ4n) is 0.315. The van der Waals surface area contributed by atoms with E-state index in [1.165, 1.54) is 27.5 Å². The van der Waals surface area contributed by atoms with Crippen LogP contribution in [0.25, 0.3) is 0 Å². The van der Waals surface area contributed by atoms with Crippen molar-refractivity contribution >= 4 is 15.0 Å². The summed E-state index contributed by atoms with van der Waals surface area (Å²) in [6, 6.07) is 0. The van der Waals surface area contributed by atoms with Crippen LogP contribution >= 0.6 is 15.0 Å². The Balaban J connectivity index is 4.00. The van der Waals surface area contributed by atoms with Gasteiger partial charge in [-0.1, -0.05) is 0 Å². The van der Waals surface area contributed by atoms with Crippen molar-refractivity contribution in [1.82, 2.24) is 0 Å². The van der Waals surface area contributed by atoms with E-state index in [1.807, 2.05) is 0 Å². The first kappa shape index (κ1) is 12.3. The summed E-state index contributed by atoms with van der Waals surface area (Å²) >= 11 is 0. The van der Waals surface area contributed by atoms with Gasteiger partial charge in [0, 0.05) is 27.5 Å². The highest BCUT2D eigenvalue weighted by Crippen LogP contribution is 2.50. The summed E-state index contributed by atoms with van der Waals surface area (Å²) in [5.74, 6) is 0. The lowest BCUT2D eigenvalue weighted by atomic mass is 11.7. The normalized spacial score (nSPS) is 21.3. The fraction of sp³-hybridized carbons (Fsp3) is 1.00. The molecule has 0 aliphatic rings. The maximum atomic E-state index is 11.2. The minimum atomic E-state index is -3.04. The highest BCUT2D eigenvalue weighted by molar-refractivity contribution is 7.59. The first-order valence-electron chi connectivity index (χ1n) is 3.23. The van der Waals surface area contributed by atoms with Crippen LogP contribution in [0, 0.1) is 0 Å². The van der Waals surface area contributed by atoms with Gasteiger partial charge in [-0.15, -0.1) is 0 Å². The summed E-state index contributed by atoms with van der Waals surface area (Å²) in [5, 5.41) is 0. The second-order valence-corrected chi connectivity index (χ2v) is 7.23. The van der Waals surface area contributed by atoms with E-state index in [9.17, 15) is 9.13 Å². The molecule has 0 aliphatic carbocycles. The van der Waals surface area contributed by atoms with Crippen molar-refractivity contribution in [3.8, 4) is 0 Å². The van der Waals surface area contributed by atoms with Crippen LogP contribution in [-0.4, -0.2) is 33.9 Å². The second-order valence-electron chi connectivity index (χ2n) is 2.41. The summed E-state index contributed by atoms with van der Waals surface area (Å²) < 4.78 is 36.3. The Morgan fingerprint density at radius 2 is 1.58 bits per heavy atom. The average molecular weight is 216 g/mol. The summed E-state index contributed by atoms with van der Waals surface area (Å²) in [6.07, 6.45) is -0.189. The van der Waals surface area contributed by atoms with Crippen molar-refractivity contribution in [1.29, 1.82) is 0 Å². The van der Waals surface area contributed by atoms with Crippen LogP contribution < -0.4 is 0 Å². The quantitative estimate of drug-likeness (QED) is 0.657. The molecule has 0 amide bonds. The van der Waals surface area contributed by atoms with Crippen LogP contribution in [0.5, 0.6) is 0 Å². The summed E-state index contributed by atoms with van der Waals surface area (Å²) in [6.45, 7) is 2.71. The van der Waals surface area contributed by atoms with Crippen molar-refractivity contribution in [3.05, 3.63) is 0 Å². The third-order valence-electron chi connectivity index (χ3n) is 1.24. The maximum Gasteiger partial charge on any atom is 0.327 e. The monoisotopic (exact) mass is 216 g/mol. The molecule has 74 valence electrons. The highest BCUT2D eigenvalue weighted by Gasteiger charge is 2.21. The van der Waals surface area contributed by atoms with Gasteiger partial charge in [0.1, 0.15) is 6.35 Å². The van der Waals surface area contributed by atoms with E-state index in [2.05, 4.69) is 9.05 Å². The van der Waals surface area contributed by atoms with Crippen molar-refractivity contribution in [2.75, 3.05) is 33.9 Å². The zero-order valence-corrected chi connectivity index (χ0v) is 9.43. The van der Waals surface area contributed by atoms with Crippen molar-refractivity contribution in [2.45, 2.75) is 0 Å². The molecule has 0 saturated carbocycles. The Labute approximate surface area is 72.4 Å². The zero-order chi connectivity index (χ0) is 9.83. The molecule has 2 atom stereocenters. The SMILES string of the molecule is COP(C)(=O)COP(C)(=O)OC. The first-order chi connectivity index (χ1) is 5.33. The van der Waals surface area contributed by atoms with E-state index < -0.39 is 15.0 Å². The number of rotatable bonds is 5. The molecule has 0 rings (SSSR count). The van der Waals surface area contributed by atoms with E-state index in [-0.39, 0.29) is 6.35 Å². The highest BCUT2D eigenvalue weighted by atomic mass is 31.2. The number of hydrogen-bond acceptors (Lipinski definition) is 5. The van der Waals surface area contributed by atoms with Gasteiger partial charge >= 0.3 is 7.60 Å². The molecular formula is C5H14O5P2. The average Bonchev–Trinajstić information content (AvgIpc) is 2.02. The molecule has 0 aromatic heterocycles. The molecule has 0 aliphatic heterocycles. The topological polar surface area (TPSA) is 61.8 Å². The van der Waals surface area contributed by atoms with Gasteiger partial charge in [-0.2, -0.15) is 0 Å². The van der Waals surface area contributed by atoms with Gasteiger partial charge in [-0.3, -0.25) is 13.7 Å². The van der Waals surface area contributed by atoms with Crippen LogP contribution in [0.4, 0.5) is 0 Å². The lowest BCUT2D eigenvalue weighted by Gasteiger charge is -2.14. The second kappa shape index (κ2) is 4.54. The molecule has 0 spiro atoms. The molecule has 0 N–H and O–H groups in total. The third kappa shape index (κ3) is 5.07. The van der Waals surface area contributed by atoms with E-state index in [0.29, 0.717) is 0 Å². The van der Waals surface area contributed by atoms with Gasteiger partial charge < -0.3 is 9.05 Å². The third-order valence-corrected chi connectivity index (χ3v) is 4.08.